The summed E-state index contributed by atoms with van der Waals surface area (Å²) in [6.45, 7) is 5.61. The zero-order chi connectivity index (χ0) is 14.0. The van der Waals surface area contributed by atoms with Crippen molar-refractivity contribution in [3.8, 4) is 0 Å². The molecule has 0 atom stereocenters. The molecule has 0 aliphatic rings. The molecule has 19 heavy (non-hydrogen) atoms. The lowest BCUT2D eigenvalue weighted by molar-refractivity contribution is 0.600. The van der Waals surface area contributed by atoms with Crippen molar-refractivity contribution in [3.05, 3.63) is 41.1 Å². The van der Waals surface area contributed by atoms with Crippen LogP contribution in [0.5, 0.6) is 0 Å². The summed E-state index contributed by atoms with van der Waals surface area (Å²) in [6.07, 6.45) is 0.776. The minimum Gasteiger partial charge on any atom is -0.280 e. The number of sulfonamides is 1. The molecule has 0 spiro atoms. The number of anilines is 1. The Bertz CT molecular complexity index is 690. The van der Waals surface area contributed by atoms with Gasteiger partial charge in [0.05, 0.1) is 4.90 Å². The lowest BCUT2D eigenvalue weighted by atomic mass is 10.2. The van der Waals surface area contributed by atoms with Crippen LogP contribution >= 0.6 is 0 Å². The van der Waals surface area contributed by atoms with Crippen molar-refractivity contribution in [2.45, 2.75) is 32.1 Å². The number of nitrogens with one attached hydrogen (secondary N) is 2. The van der Waals surface area contributed by atoms with Gasteiger partial charge < -0.3 is 0 Å². The van der Waals surface area contributed by atoms with E-state index in [-0.39, 0.29) is 4.90 Å². The number of H-pyrrole nitrogens is 1. The molecule has 0 amide bonds. The molecule has 0 bridgehead atoms. The van der Waals surface area contributed by atoms with E-state index in [1.54, 1.807) is 25.1 Å². The first-order valence-corrected chi connectivity index (χ1v) is 7.55. The van der Waals surface area contributed by atoms with Crippen molar-refractivity contribution < 1.29 is 8.42 Å². The molecule has 102 valence electrons. The Labute approximate surface area is 113 Å². The van der Waals surface area contributed by atoms with Gasteiger partial charge in [0.25, 0.3) is 10.0 Å². The molecule has 0 unspecified atom stereocenters. The minimum atomic E-state index is -3.59. The third-order valence-corrected chi connectivity index (χ3v) is 4.38. The standard InChI is InChI=1S/C13H17N3O2S/c1-4-11-8-13(15-14-11)16-19(17,18)12-7-9(2)5-6-10(12)3/h5-8H,4H2,1-3H3,(H2,14,15,16). The number of hydrogen-bond acceptors (Lipinski definition) is 3. The fraction of sp³-hybridized carbons (Fsp3) is 0.308. The van der Waals surface area contributed by atoms with Crippen LogP contribution in [-0.2, 0) is 16.4 Å². The Morgan fingerprint density at radius 1 is 1.26 bits per heavy atom. The summed E-state index contributed by atoms with van der Waals surface area (Å²) in [4.78, 5) is 0.286. The van der Waals surface area contributed by atoms with Crippen LogP contribution in [0, 0.1) is 13.8 Å². The lowest BCUT2D eigenvalue weighted by Gasteiger charge is -2.09. The van der Waals surface area contributed by atoms with E-state index in [1.807, 2.05) is 19.9 Å². The molecule has 0 radical (unpaired) electrons. The van der Waals surface area contributed by atoms with Crippen LogP contribution in [0.2, 0.25) is 0 Å². The van der Waals surface area contributed by atoms with E-state index >= 15 is 0 Å². The molecular formula is C13H17N3O2S. The third kappa shape index (κ3) is 2.96. The Kier molecular flexibility index (Phi) is 3.61. The first-order valence-electron chi connectivity index (χ1n) is 6.06. The van der Waals surface area contributed by atoms with E-state index in [1.165, 1.54) is 0 Å². The summed E-state index contributed by atoms with van der Waals surface area (Å²) < 4.78 is 27.1. The largest absolute Gasteiger partial charge is 0.280 e. The summed E-state index contributed by atoms with van der Waals surface area (Å²) in [5.74, 6) is 0.317. The van der Waals surface area contributed by atoms with Gasteiger partial charge in [0.15, 0.2) is 5.82 Å². The molecule has 0 aliphatic carbocycles. The van der Waals surface area contributed by atoms with Crippen LogP contribution in [0.25, 0.3) is 0 Å². The second-order valence-electron chi connectivity index (χ2n) is 4.51. The number of hydrogen-bond donors (Lipinski definition) is 2. The van der Waals surface area contributed by atoms with Gasteiger partial charge >= 0.3 is 0 Å². The van der Waals surface area contributed by atoms with Crippen molar-refractivity contribution >= 4 is 15.8 Å². The Hall–Kier alpha value is -1.82. The van der Waals surface area contributed by atoms with Gasteiger partial charge in [-0.1, -0.05) is 19.1 Å². The summed E-state index contributed by atoms with van der Waals surface area (Å²) in [5.41, 5.74) is 2.50. The molecule has 1 heterocycles. The molecule has 2 aromatic rings. The molecule has 0 aliphatic heterocycles. The van der Waals surface area contributed by atoms with Crippen molar-refractivity contribution in [1.82, 2.24) is 10.2 Å². The highest BCUT2D eigenvalue weighted by Gasteiger charge is 2.18. The van der Waals surface area contributed by atoms with Crippen LogP contribution in [0.3, 0.4) is 0 Å². The monoisotopic (exact) mass is 279 g/mol. The van der Waals surface area contributed by atoms with E-state index in [9.17, 15) is 8.42 Å². The van der Waals surface area contributed by atoms with Gasteiger partial charge in [0, 0.05) is 11.8 Å². The van der Waals surface area contributed by atoms with Crippen LogP contribution in [0.4, 0.5) is 5.82 Å². The second kappa shape index (κ2) is 5.05. The van der Waals surface area contributed by atoms with E-state index in [2.05, 4.69) is 14.9 Å². The number of rotatable bonds is 4. The quantitative estimate of drug-likeness (QED) is 0.902. The molecular weight excluding hydrogens is 262 g/mol. The highest BCUT2D eigenvalue weighted by atomic mass is 32.2. The van der Waals surface area contributed by atoms with Crippen molar-refractivity contribution in [2.75, 3.05) is 4.72 Å². The Morgan fingerprint density at radius 2 is 2.00 bits per heavy atom. The smallest absolute Gasteiger partial charge is 0.263 e. The lowest BCUT2D eigenvalue weighted by Crippen LogP contribution is -2.14. The van der Waals surface area contributed by atoms with E-state index < -0.39 is 10.0 Å². The number of aromatic nitrogens is 2. The maximum absolute atomic E-state index is 12.3. The molecule has 0 saturated heterocycles. The van der Waals surface area contributed by atoms with Gasteiger partial charge in [0.1, 0.15) is 0 Å². The van der Waals surface area contributed by atoms with Gasteiger partial charge in [-0.05, 0) is 37.5 Å². The molecule has 5 nitrogen and oxygen atoms in total. The van der Waals surface area contributed by atoms with Crippen LogP contribution in [-0.4, -0.2) is 18.6 Å². The average molecular weight is 279 g/mol. The molecule has 0 fully saturated rings. The molecule has 1 aromatic carbocycles. The summed E-state index contributed by atoms with van der Waals surface area (Å²) in [6, 6.07) is 7.04. The van der Waals surface area contributed by atoms with Crippen molar-refractivity contribution in [3.63, 3.8) is 0 Å². The molecule has 6 heteroatoms. The predicted molar refractivity (Wildman–Crippen MR) is 74.7 cm³/mol. The van der Waals surface area contributed by atoms with Gasteiger partial charge in [0.2, 0.25) is 0 Å². The summed E-state index contributed by atoms with van der Waals surface area (Å²) in [5, 5.41) is 6.71. The molecule has 2 N–H and O–H groups in total. The normalized spacial score (nSPS) is 11.5. The van der Waals surface area contributed by atoms with Gasteiger partial charge in [-0.25, -0.2) is 8.42 Å². The SMILES string of the molecule is CCc1cc(NS(=O)(=O)c2cc(C)ccc2C)n[nH]1. The predicted octanol–water partition coefficient (Wildman–Crippen LogP) is 2.39. The van der Waals surface area contributed by atoms with Crippen molar-refractivity contribution in [1.29, 1.82) is 0 Å². The fourth-order valence-corrected chi connectivity index (χ4v) is 3.11. The van der Waals surface area contributed by atoms with Gasteiger partial charge in [-0.2, -0.15) is 5.10 Å². The highest BCUT2D eigenvalue weighted by molar-refractivity contribution is 7.92. The Balaban J connectivity index is 2.34. The second-order valence-corrected chi connectivity index (χ2v) is 6.16. The molecule has 2 rings (SSSR count). The van der Waals surface area contributed by atoms with Crippen LogP contribution in [0.1, 0.15) is 23.7 Å². The summed E-state index contributed by atoms with van der Waals surface area (Å²) in [7, 11) is -3.59. The Morgan fingerprint density at radius 3 is 2.63 bits per heavy atom. The van der Waals surface area contributed by atoms with E-state index in [4.69, 9.17) is 0 Å². The number of nitrogens with zero attached hydrogens (tertiary/aromatic N) is 1. The van der Waals surface area contributed by atoms with E-state index in [0.29, 0.717) is 11.4 Å². The molecule has 1 aromatic heterocycles. The third-order valence-electron chi connectivity index (χ3n) is 2.88. The zero-order valence-corrected chi connectivity index (χ0v) is 12.0. The van der Waals surface area contributed by atoms with Crippen molar-refractivity contribution in [2.24, 2.45) is 0 Å². The number of benzene rings is 1. The first-order chi connectivity index (χ1) is 8.92. The van der Waals surface area contributed by atoms with E-state index in [0.717, 1.165) is 17.7 Å². The van der Waals surface area contributed by atoms with Crippen LogP contribution < -0.4 is 4.72 Å². The highest BCUT2D eigenvalue weighted by Crippen LogP contribution is 2.20. The maximum Gasteiger partial charge on any atom is 0.263 e. The zero-order valence-electron chi connectivity index (χ0n) is 11.2. The minimum absolute atomic E-state index is 0.286. The fourth-order valence-electron chi connectivity index (χ4n) is 1.78. The van der Waals surface area contributed by atoms with Crippen LogP contribution in [0.15, 0.2) is 29.2 Å². The van der Waals surface area contributed by atoms with Gasteiger partial charge in [-0.3, -0.25) is 9.82 Å². The molecule has 0 saturated carbocycles. The maximum atomic E-state index is 12.3. The van der Waals surface area contributed by atoms with Gasteiger partial charge in [-0.15, -0.1) is 0 Å². The first kappa shape index (κ1) is 13.6. The average Bonchev–Trinajstić information content (AvgIpc) is 2.79. The number of aryl methyl sites for hydroxylation is 3. The number of aromatic amines is 1. The topological polar surface area (TPSA) is 74.8 Å². The summed E-state index contributed by atoms with van der Waals surface area (Å²) >= 11 is 0.